The van der Waals surface area contributed by atoms with Crippen molar-refractivity contribution in [3.8, 4) is 11.4 Å². The maximum absolute atomic E-state index is 12.6. The Hall–Kier alpha value is -3.67. The van der Waals surface area contributed by atoms with Gasteiger partial charge in [-0.3, -0.25) is 14.5 Å². The van der Waals surface area contributed by atoms with Crippen molar-refractivity contribution >= 4 is 50.1 Å². The molecule has 2 aliphatic rings. The largest absolute Gasteiger partial charge is 0.378 e. The number of amides is 1. The number of carbonyl (C=O) groups is 2. The lowest BCUT2D eigenvalue weighted by atomic mass is 10.1. The van der Waals surface area contributed by atoms with Crippen molar-refractivity contribution in [3.63, 3.8) is 0 Å². The third-order valence-electron chi connectivity index (χ3n) is 7.46. The molecule has 1 amide bonds. The molecule has 2 fully saturated rings. The normalized spacial score (nSPS) is 16.9. The molecule has 0 atom stereocenters. The molecule has 0 saturated carbocycles. The lowest BCUT2D eigenvalue weighted by Gasteiger charge is -2.34. The zero-order chi connectivity index (χ0) is 27.5. The molecule has 0 aliphatic carbocycles. The van der Waals surface area contributed by atoms with Crippen molar-refractivity contribution in [1.82, 2.24) is 29.7 Å². The molecule has 6 heterocycles. The number of anilines is 1. The van der Waals surface area contributed by atoms with Crippen LogP contribution in [0.3, 0.4) is 0 Å². The van der Waals surface area contributed by atoms with Crippen LogP contribution in [0.15, 0.2) is 42.7 Å². The number of fused-ring (bicyclic) bond motifs is 2. The molecule has 4 aromatic rings. The minimum absolute atomic E-state index is 0.00315. The summed E-state index contributed by atoms with van der Waals surface area (Å²) in [4.78, 5) is 49.9. The Labute approximate surface area is 236 Å². The highest BCUT2D eigenvalue weighted by molar-refractivity contribution is 7.19. The van der Waals surface area contributed by atoms with Gasteiger partial charge in [-0.1, -0.05) is 6.08 Å². The number of carbonyl (C=O) groups excluding carboxylic acids is 2. The number of H-pyrrole nitrogens is 1. The number of pyridine rings is 1. The van der Waals surface area contributed by atoms with E-state index in [0.717, 1.165) is 65.4 Å². The lowest BCUT2D eigenvalue weighted by Crippen LogP contribution is -2.48. The van der Waals surface area contributed by atoms with Crippen LogP contribution in [0, 0.1) is 0 Å². The highest BCUT2D eigenvalue weighted by Crippen LogP contribution is 2.36. The summed E-state index contributed by atoms with van der Waals surface area (Å²) in [6.45, 7) is 8.54. The predicted octanol–water partition coefficient (Wildman–Crippen LogP) is 3.64. The monoisotopic (exact) mass is 559 g/mol. The fraction of sp³-hybridized carbons (Fsp3) is 0.414. The molecule has 0 unspecified atom stereocenters. The number of ketones is 1. The highest BCUT2D eigenvalue weighted by Gasteiger charge is 2.24. The topological polar surface area (TPSA) is 108 Å². The summed E-state index contributed by atoms with van der Waals surface area (Å²) in [5.41, 5.74) is 2.73. The van der Waals surface area contributed by atoms with Gasteiger partial charge in [-0.2, -0.15) is 0 Å². The molecule has 0 bridgehead atoms. The first kappa shape index (κ1) is 26.5. The predicted molar refractivity (Wildman–Crippen MR) is 156 cm³/mol. The smallest absolute Gasteiger partial charge is 0.223 e. The SMILES string of the molecule is CC=CC(=O)CCC(=O)N1CCN(Cc2cc3nc(-c4ccnc5[nH]ccc45)nc(N4CCOCC4)c3s2)CC1. The second-order valence-electron chi connectivity index (χ2n) is 10.1. The number of aromatic amines is 1. The standard InChI is InChI=1S/C29H33N7O3S/c1-2-3-20(37)4-5-25(38)35-12-10-34(11-13-35)19-21-18-24-26(40-21)29(36-14-16-39-17-15-36)33-28(32-24)23-7-9-31-27-22(23)6-8-30-27/h2-3,6-9,18H,4-5,10-17,19H2,1H3,(H,30,31). The summed E-state index contributed by atoms with van der Waals surface area (Å²) in [6, 6.07) is 6.18. The number of morpholine rings is 1. The molecule has 2 aliphatic heterocycles. The van der Waals surface area contributed by atoms with Gasteiger partial charge in [0.2, 0.25) is 5.91 Å². The van der Waals surface area contributed by atoms with Crippen LogP contribution in [0.4, 0.5) is 5.82 Å². The molecule has 10 nitrogen and oxygen atoms in total. The van der Waals surface area contributed by atoms with Gasteiger partial charge in [0.15, 0.2) is 17.4 Å². The third-order valence-corrected chi connectivity index (χ3v) is 8.56. The summed E-state index contributed by atoms with van der Waals surface area (Å²) in [7, 11) is 0. The van der Waals surface area contributed by atoms with Crippen LogP contribution in [0.25, 0.3) is 32.6 Å². The van der Waals surface area contributed by atoms with Crippen LogP contribution in [0.5, 0.6) is 0 Å². The van der Waals surface area contributed by atoms with E-state index in [1.165, 1.54) is 11.0 Å². The van der Waals surface area contributed by atoms with Gasteiger partial charge in [0.25, 0.3) is 0 Å². The van der Waals surface area contributed by atoms with E-state index in [-0.39, 0.29) is 24.5 Å². The Balaban J connectivity index is 1.21. The van der Waals surface area contributed by atoms with Crippen molar-refractivity contribution in [3.05, 3.63) is 47.6 Å². The van der Waals surface area contributed by atoms with Gasteiger partial charge in [-0.05, 0) is 31.2 Å². The zero-order valence-corrected chi connectivity index (χ0v) is 23.5. The van der Waals surface area contributed by atoms with Crippen LogP contribution in [-0.4, -0.2) is 93.9 Å². The van der Waals surface area contributed by atoms with Gasteiger partial charge < -0.3 is 19.5 Å². The first-order valence-corrected chi connectivity index (χ1v) is 14.6. The van der Waals surface area contributed by atoms with E-state index >= 15 is 0 Å². The number of hydrogen-bond acceptors (Lipinski definition) is 9. The molecule has 0 aromatic carbocycles. The molecule has 0 spiro atoms. The highest BCUT2D eigenvalue weighted by atomic mass is 32.1. The fourth-order valence-electron chi connectivity index (χ4n) is 5.34. The molecule has 1 N–H and O–H groups in total. The molecule has 6 rings (SSSR count). The van der Waals surface area contributed by atoms with Crippen LogP contribution >= 0.6 is 11.3 Å². The molecule has 40 heavy (non-hydrogen) atoms. The number of hydrogen-bond donors (Lipinski definition) is 1. The van der Waals surface area contributed by atoms with E-state index in [0.29, 0.717) is 32.1 Å². The summed E-state index contributed by atoms with van der Waals surface area (Å²) in [5, 5.41) is 1.00. The lowest BCUT2D eigenvalue weighted by molar-refractivity contribution is -0.134. The Bertz CT molecular complexity index is 1550. The van der Waals surface area contributed by atoms with Gasteiger partial charge in [-0.15, -0.1) is 11.3 Å². The summed E-state index contributed by atoms with van der Waals surface area (Å²) < 4.78 is 6.71. The number of thiophene rings is 1. The van der Waals surface area contributed by atoms with Crippen molar-refractivity contribution < 1.29 is 14.3 Å². The minimum atomic E-state index is 0.00315. The van der Waals surface area contributed by atoms with E-state index in [2.05, 4.69) is 25.8 Å². The summed E-state index contributed by atoms with van der Waals surface area (Å²) >= 11 is 1.75. The molecule has 2 saturated heterocycles. The molecule has 11 heteroatoms. The van der Waals surface area contributed by atoms with Crippen LogP contribution in [-0.2, 0) is 20.9 Å². The number of ether oxygens (including phenoxy) is 1. The number of aromatic nitrogens is 4. The number of rotatable bonds is 8. The number of nitrogens with one attached hydrogen (secondary N) is 1. The zero-order valence-electron chi connectivity index (χ0n) is 22.6. The molecular formula is C29H33N7O3S. The van der Waals surface area contributed by atoms with E-state index in [9.17, 15) is 9.59 Å². The van der Waals surface area contributed by atoms with Crippen molar-refractivity contribution in [2.45, 2.75) is 26.3 Å². The van der Waals surface area contributed by atoms with Gasteiger partial charge in [0.1, 0.15) is 5.65 Å². The quantitative estimate of drug-likeness (QED) is 0.326. The summed E-state index contributed by atoms with van der Waals surface area (Å²) in [6.07, 6.45) is 7.48. The third kappa shape index (κ3) is 5.63. The number of nitrogens with zero attached hydrogens (tertiary/aromatic N) is 6. The van der Waals surface area contributed by atoms with Crippen LogP contribution in [0.1, 0.15) is 24.6 Å². The number of piperazine rings is 1. The van der Waals surface area contributed by atoms with E-state index in [1.54, 1.807) is 23.6 Å². The molecule has 0 radical (unpaired) electrons. The second-order valence-corrected chi connectivity index (χ2v) is 11.3. The first-order chi connectivity index (χ1) is 19.6. The Kier molecular flexibility index (Phi) is 7.85. The van der Waals surface area contributed by atoms with Gasteiger partial charge in [-0.25, -0.2) is 15.0 Å². The Morgan fingerprint density at radius 3 is 2.70 bits per heavy atom. The second kappa shape index (κ2) is 11.8. The van der Waals surface area contributed by atoms with Gasteiger partial charge >= 0.3 is 0 Å². The van der Waals surface area contributed by atoms with E-state index in [4.69, 9.17) is 14.7 Å². The van der Waals surface area contributed by atoms with Gasteiger partial charge in [0.05, 0.1) is 23.4 Å². The van der Waals surface area contributed by atoms with E-state index in [1.807, 2.05) is 30.2 Å². The average Bonchev–Trinajstić information content (AvgIpc) is 3.63. The number of allylic oxidation sites excluding steroid dienone is 2. The van der Waals surface area contributed by atoms with Gasteiger partial charge in [0, 0.05) is 86.9 Å². The van der Waals surface area contributed by atoms with Crippen molar-refractivity contribution in [1.29, 1.82) is 0 Å². The van der Waals surface area contributed by atoms with Crippen molar-refractivity contribution in [2.75, 3.05) is 57.4 Å². The van der Waals surface area contributed by atoms with E-state index < -0.39 is 0 Å². The molecule has 4 aromatic heterocycles. The fourth-order valence-corrected chi connectivity index (χ4v) is 6.50. The average molecular weight is 560 g/mol. The van der Waals surface area contributed by atoms with Crippen molar-refractivity contribution in [2.24, 2.45) is 0 Å². The summed E-state index contributed by atoms with van der Waals surface area (Å²) in [5.74, 6) is 1.72. The molecule has 208 valence electrons. The Morgan fingerprint density at radius 1 is 1.07 bits per heavy atom. The maximum Gasteiger partial charge on any atom is 0.223 e. The van der Waals surface area contributed by atoms with Crippen LogP contribution in [0.2, 0.25) is 0 Å². The maximum atomic E-state index is 12.6. The minimum Gasteiger partial charge on any atom is -0.378 e. The first-order valence-electron chi connectivity index (χ1n) is 13.8. The molecular weight excluding hydrogens is 526 g/mol. The van der Waals surface area contributed by atoms with Crippen LogP contribution < -0.4 is 4.90 Å². The Morgan fingerprint density at radius 2 is 1.90 bits per heavy atom.